The minimum Gasteiger partial charge on any atom is -0.396 e. The van der Waals surface area contributed by atoms with Crippen LogP contribution in [0.25, 0.3) is 0 Å². The average molecular weight is 225 g/mol. The third-order valence-corrected chi connectivity index (χ3v) is 2.72. The monoisotopic (exact) mass is 225 g/mol. The van der Waals surface area contributed by atoms with E-state index in [1.165, 1.54) is 0 Å². The summed E-state index contributed by atoms with van der Waals surface area (Å²) in [4.78, 5) is 13.6. The van der Waals surface area contributed by atoms with Crippen molar-refractivity contribution in [3.63, 3.8) is 0 Å². The van der Waals surface area contributed by atoms with Crippen LogP contribution in [0.3, 0.4) is 0 Å². The van der Waals surface area contributed by atoms with Gasteiger partial charge in [0, 0.05) is 19.7 Å². The Balaban J connectivity index is 2.26. The number of likely N-dealkylation sites (tertiary alicyclic amines) is 1. The molecule has 0 aromatic rings. The molecule has 1 unspecified atom stereocenters. The first kappa shape index (κ1) is 12.9. The van der Waals surface area contributed by atoms with Gasteiger partial charge in [0.05, 0.1) is 12.5 Å². The molecule has 0 aromatic carbocycles. The number of rotatable bonds is 6. The molecule has 1 aliphatic heterocycles. The molecule has 1 rings (SSSR count). The van der Waals surface area contributed by atoms with Crippen molar-refractivity contribution in [1.82, 2.24) is 10.2 Å². The summed E-state index contributed by atoms with van der Waals surface area (Å²) >= 11 is 0. The van der Waals surface area contributed by atoms with Crippen molar-refractivity contribution in [3.8, 4) is 6.07 Å². The number of nitriles is 1. The lowest BCUT2D eigenvalue weighted by Gasteiger charge is -2.17. The summed E-state index contributed by atoms with van der Waals surface area (Å²) in [6.07, 6.45) is 2.99. The van der Waals surface area contributed by atoms with Crippen LogP contribution in [0.15, 0.2) is 0 Å². The Morgan fingerprint density at radius 2 is 2.19 bits per heavy atom. The fraction of sp³-hybridized carbons (Fsp3) is 0.818. The van der Waals surface area contributed by atoms with Gasteiger partial charge >= 0.3 is 0 Å². The molecule has 1 atom stereocenters. The number of carbonyl (C=O) groups is 1. The largest absolute Gasteiger partial charge is 0.396 e. The lowest BCUT2D eigenvalue weighted by Crippen LogP contribution is -2.36. The maximum Gasteiger partial charge on any atom is 0.225 e. The first-order chi connectivity index (χ1) is 7.77. The van der Waals surface area contributed by atoms with Crippen molar-refractivity contribution < 1.29 is 9.90 Å². The highest BCUT2D eigenvalue weighted by Crippen LogP contribution is 2.09. The predicted molar refractivity (Wildman–Crippen MR) is 59.5 cm³/mol. The van der Waals surface area contributed by atoms with Crippen LogP contribution in [0.4, 0.5) is 0 Å². The van der Waals surface area contributed by atoms with Gasteiger partial charge in [-0.3, -0.25) is 4.79 Å². The highest BCUT2D eigenvalue weighted by molar-refractivity contribution is 5.77. The molecule has 0 saturated carbocycles. The third-order valence-electron chi connectivity index (χ3n) is 2.72. The van der Waals surface area contributed by atoms with Gasteiger partial charge in [-0.15, -0.1) is 0 Å². The minimum atomic E-state index is -0.431. The van der Waals surface area contributed by atoms with Crippen molar-refractivity contribution in [2.45, 2.75) is 31.7 Å². The van der Waals surface area contributed by atoms with Gasteiger partial charge in [-0.25, -0.2) is 0 Å². The van der Waals surface area contributed by atoms with Gasteiger partial charge in [-0.05, 0) is 25.8 Å². The van der Waals surface area contributed by atoms with Crippen LogP contribution < -0.4 is 5.32 Å². The number of aliphatic hydroxyl groups excluding tert-OH is 1. The summed E-state index contributed by atoms with van der Waals surface area (Å²) in [5.41, 5.74) is 0. The summed E-state index contributed by atoms with van der Waals surface area (Å²) in [6.45, 7) is 2.33. The molecule has 1 heterocycles. The molecule has 1 saturated heterocycles. The lowest BCUT2D eigenvalue weighted by atomic mass is 10.2. The van der Waals surface area contributed by atoms with E-state index in [2.05, 4.69) is 11.4 Å². The molecule has 5 heteroatoms. The normalized spacial score (nSPS) is 17.1. The van der Waals surface area contributed by atoms with Crippen molar-refractivity contribution in [2.75, 3.05) is 26.2 Å². The number of aliphatic hydroxyl groups is 1. The van der Waals surface area contributed by atoms with Crippen molar-refractivity contribution in [1.29, 1.82) is 5.26 Å². The maximum absolute atomic E-state index is 11.7. The fourth-order valence-electron chi connectivity index (χ4n) is 1.79. The fourth-order valence-corrected chi connectivity index (χ4v) is 1.79. The Morgan fingerprint density at radius 1 is 1.50 bits per heavy atom. The molecule has 0 bridgehead atoms. The molecule has 0 aliphatic carbocycles. The average Bonchev–Trinajstić information content (AvgIpc) is 2.81. The van der Waals surface area contributed by atoms with Crippen LogP contribution in [0, 0.1) is 11.3 Å². The zero-order valence-electron chi connectivity index (χ0n) is 9.48. The Hall–Kier alpha value is -1.12. The number of hydrogen-bond donors (Lipinski definition) is 2. The Kier molecular flexibility index (Phi) is 5.83. The molecule has 1 aliphatic rings. The highest BCUT2D eigenvalue weighted by atomic mass is 16.3. The van der Waals surface area contributed by atoms with E-state index in [0.29, 0.717) is 13.0 Å². The van der Waals surface area contributed by atoms with Gasteiger partial charge in [-0.1, -0.05) is 0 Å². The van der Waals surface area contributed by atoms with E-state index in [9.17, 15) is 4.79 Å². The molecule has 2 N–H and O–H groups in total. The summed E-state index contributed by atoms with van der Waals surface area (Å²) in [5, 5.41) is 20.4. The minimum absolute atomic E-state index is 0.0561. The Bertz CT molecular complexity index is 256. The zero-order valence-corrected chi connectivity index (χ0v) is 9.48. The number of carbonyl (C=O) groups excluding carboxylic acids is 1. The van der Waals surface area contributed by atoms with Crippen molar-refractivity contribution in [2.24, 2.45) is 0 Å². The van der Waals surface area contributed by atoms with Crippen LogP contribution in [0.1, 0.15) is 25.7 Å². The molecular weight excluding hydrogens is 206 g/mol. The van der Waals surface area contributed by atoms with Crippen molar-refractivity contribution in [3.05, 3.63) is 0 Å². The molecule has 1 fully saturated rings. The molecule has 90 valence electrons. The van der Waals surface area contributed by atoms with Gasteiger partial charge in [0.1, 0.15) is 6.04 Å². The molecular formula is C11H19N3O2. The second-order valence-corrected chi connectivity index (χ2v) is 4.00. The number of amides is 1. The standard InChI is InChI=1S/C11H19N3O2/c12-9-10(13-4-3-7-15)8-11(16)14-5-1-2-6-14/h10,13,15H,1-8H2. The van der Waals surface area contributed by atoms with Gasteiger partial charge in [0.2, 0.25) is 5.91 Å². The maximum atomic E-state index is 11.7. The smallest absolute Gasteiger partial charge is 0.225 e. The molecule has 0 aromatic heterocycles. The Morgan fingerprint density at radius 3 is 2.75 bits per heavy atom. The summed E-state index contributed by atoms with van der Waals surface area (Å²) in [6, 6.07) is 1.64. The number of hydrogen-bond acceptors (Lipinski definition) is 4. The van der Waals surface area contributed by atoms with Gasteiger partial charge in [0.15, 0.2) is 0 Å². The highest BCUT2D eigenvalue weighted by Gasteiger charge is 2.21. The predicted octanol–water partition coefficient (Wildman–Crippen LogP) is -0.137. The second-order valence-electron chi connectivity index (χ2n) is 4.00. The summed E-state index contributed by atoms with van der Waals surface area (Å²) in [7, 11) is 0. The van der Waals surface area contributed by atoms with Crippen LogP contribution >= 0.6 is 0 Å². The van der Waals surface area contributed by atoms with Gasteiger partial charge in [0.25, 0.3) is 0 Å². The van der Waals surface area contributed by atoms with Crippen LogP contribution in [0.5, 0.6) is 0 Å². The molecule has 0 spiro atoms. The first-order valence-corrected chi connectivity index (χ1v) is 5.79. The van der Waals surface area contributed by atoms with E-state index >= 15 is 0 Å². The molecule has 16 heavy (non-hydrogen) atoms. The third kappa shape index (κ3) is 4.17. The summed E-state index contributed by atoms with van der Waals surface area (Å²) < 4.78 is 0. The molecule has 0 radical (unpaired) electrons. The van der Waals surface area contributed by atoms with E-state index in [1.54, 1.807) is 0 Å². The molecule has 1 amide bonds. The first-order valence-electron chi connectivity index (χ1n) is 5.79. The van der Waals surface area contributed by atoms with Crippen LogP contribution in [-0.2, 0) is 4.79 Å². The second kappa shape index (κ2) is 7.20. The van der Waals surface area contributed by atoms with E-state index < -0.39 is 6.04 Å². The zero-order chi connectivity index (χ0) is 11.8. The lowest BCUT2D eigenvalue weighted by molar-refractivity contribution is -0.130. The van der Waals surface area contributed by atoms with E-state index in [0.717, 1.165) is 25.9 Å². The van der Waals surface area contributed by atoms with Crippen molar-refractivity contribution >= 4 is 5.91 Å². The number of nitrogens with zero attached hydrogens (tertiary/aromatic N) is 2. The topological polar surface area (TPSA) is 76.4 Å². The quantitative estimate of drug-likeness (QED) is 0.617. The SMILES string of the molecule is N#CC(CC(=O)N1CCCC1)NCCCO. The van der Waals surface area contributed by atoms with Crippen LogP contribution in [-0.4, -0.2) is 48.2 Å². The van der Waals surface area contributed by atoms with E-state index in [-0.39, 0.29) is 18.9 Å². The van der Waals surface area contributed by atoms with Gasteiger partial charge < -0.3 is 15.3 Å². The van der Waals surface area contributed by atoms with Crippen LogP contribution in [0.2, 0.25) is 0 Å². The van der Waals surface area contributed by atoms with E-state index in [1.807, 2.05) is 4.90 Å². The summed E-state index contributed by atoms with van der Waals surface area (Å²) in [5.74, 6) is 0.0561. The molecule has 5 nitrogen and oxygen atoms in total. The Labute approximate surface area is 96.0 Å². The van der Waals surface area contributed by atoms with E-state index in [4.69, 9.17) is 10.4 Å². The number of nitrogens with one attached hydrogen (secondary N) is 1. The van der Waals surface area contributed by atoms with Gasteiger partial charge in [-0.2, -0.15) is 5.26 Å².